The number of likely N-dealkylation sites (N-methyl/N-ethyl adjacent to an activating group) is 1. The second kappa shape index (κ2) is 7.44. The molecule has 0 fully saturated rings. The van der Waals surface area contributed by atoms with Crippen LogP contribution in [0.1, 0.15) is 19.4 Å². The normalized spacial score (nSPS) is 11.5. The summed E-state index contributed by atoms with van der Waals surface area (Å²) < 4.78 is 25.7. The van der Waals surface area contributed by atoms with Gasteiger partial charge in [0.1, 0.15) is 0 Å². The van der Waals surface area contributed by atoms with Crippen LogP contribution < -0.4 is 5.32 Å². The van der Waals surface area contributed by atoms with E-state index in [0.29, 0.717) is 6.04 Å². The fourth-order valence-electron chi connectivity index (χ4n) is 1.67. The molecule has 0 heterocycles. The lowest BCUT2D eigenvalue weighted by atomic mass is 10.1. The number of benzene rings is 1. The molecule has 1 N–H and O–H groups in total. The molecule has 2 nitrogen and oxygen atoms in total. The van der Waals surface area contributed by atoms with Crippen molar-refractivity contribution in [2.75, 3.05) is 26.7 Å². The van der Waals surface area contributed by atoms with Crippen molar-refractivity contribution in [3.05, 3.63) is 35.4 Å². The van der Waals surface area contributed by atoms with Crippen LogP contribution in [0.25, 0.3) is 0 Å². The minimum absolute atomic E-state index is 0.490. The predicted octanol–water partition coefficient (Wildman–Crippen LogP) is 2.44. The smallest absolute Gasteiger partial charge is 0.159 e. The first-order valence-electron chi connectivity index (χ1n) is 6.35. The summed E-state index contributed by atoms with van der Waals surface area (Å²) in [5, 5.41) is 3.34. The Hall–Kier alpha value is -1.00. The Morgan fingerprint density at radius 3 is 2.50 bits per heavy atom. The van der Waals surface area contributed by atoms with Gasteiger partial charge in [0.25, 0.3) is 0 Å². The van der Waals surface area contributed by atoms with Crippen molar-refractivity contribution in [2.24, 2.45) is 0 Å². The van der Waals surface area contributed by atoms with Gasteiger partial charge in [-0.15, -0.1) is 0 Å². The van der Waals surface area contributed by atoms with Gasteiger partial charge in [0.2, 0.25) is 0 Å². The molecule has 0 saturated carbocycles. The maximum absolute atomic E-state index is 13.0. The van der Waals surface area contributed by atoms with Crippen LogP contribution in [0.3, 0.4) is 0 Å². The van der Waals surface area contributed by atoms with E-state index in [0.717, 1.165) is 31.6 Å². The molecule has 4 heteroatoms. The highest BCUT2D eigenvalue weighted by Crippen LogP contribution is 2.09. The van der Waals surface area contributed by atoms with Crippen LogP contribution in [0.15, 0.2) is 18.2 Å². The summed E-state index contributed by atoms with van der Waals surface area (Å²) in [5.41, 5.74) is 0.831. The molecule has 0 radical (unpaired) electrons. The number of nitrogens with zero attached hydrogens (tertiary/aromatic N) is 1. The van der Waals surface area contributed by atoms with Crippen LogP contribution in [-0.4, -0.2) is 37.6 Å². The first kappa shape index (κ1) is 15.1. The van der Waals surface area contributed by atoms with Crippen LogP contribution in [0.2, 0.25) is 0 Å². The van der Waals surface area contributed by atoms with Gasteiger partial charge < -0.3 is 10.2 Å². The Kier molecular flexibility index (Phi) is 6.22. The molecule has 0 saturated heterocycles. The van der Waals surface area contributed by atoms with E-state index in [2.05, 4.69) is 24.1 Å². The second-order valence-electron chi connectivity index (χ2n) is 4.91. The topological polar surface area (TPSA) is 15.3 Å². The average molecular weight is 256 g/mol. The van der Waals surface area contributed by atoms with Crippen LogP contribution in [0, 0.1) is 11.6 Å². The molecule has 1 rings (SSSR count). The molecule has 0 bridgehead atoms. The Morgan fingerprint density at radius 1 is 1.17 bits per heavy atom. The van der Waals surface area contributed by atoms with Crippen molar-refractivity contribution in [3.63, 3.8) is 0 Å². The van der Waals surface area contributed by atoms with Crippen molar-refractivity contribution in [1.82, 2.24) is 10.2 Å². The summed E-state index contributed by atoms with van der Waals surface area (Å²) >= 11 is 0. The number of nitrogens with one attached hydrogen (secondary N) is 1. The lowest BCUT2D eigenvalue weighted by Gasteiger charge is -2.18. The molecule has 0 atom stereocenters. The fourth-order valence-corrected chi connectivity index (χ4v) is 1.67. The zero-order valence-corrected chi connectivity index (χ0v) is 11.3. The van der Waals surface area contributed by atoms with Gasteiger partial charge in [-0.1, -0.05) is 19.9 Å². The molecule has 0 spiro atoms. The number of rotatable bonds is 7. The average Bonchev–Trinajstić information content (AvgIpc) is 2.30. The van der Waals surface area contributed by atoms with E-state index < -0.39 is 11.6 Å². The zero-order chi connectivity index (χ0) is 13.5. The van der Waals surface area contributed by atoms with Gasteiger partial charge >= 0.3 is 0 Å². The van der Waals surface area contributed by atoms with Crippen LogP contribution in [0.5, 0.6) is 0 Å². The molecule has 0 aliphatic rings. The third kappa shape index (κ3) is 5.56. The Morgan fingerprint density at radius 2 is 1.89 bits per heavy atom. The third-order valence-electron chi connectivity index (χ3n) is 2.81. The van der Waals surface area contributed by atoms with Gasteiger partial charge in [0.05, 0.1) is 0 Å². The summed E-state index contributed by atoms with van der Waals surface area (Å²) in [6.07, 6.45) is 0.732. The zero-order valence-electron chi connectivity index (χ0n) is 11.3. The minimum Gasteiger partial charge on any atom is -0.313 e. The molecule has 0 amide bonds. The summed E-state index contributed by atoms with van der Waals surface area (Å²) in [4.78, 5) is 2.18. The summed E-state index contributed by atoms with van der Waals surface area (Å²) in [5.74, 6) is -1.55. The molecule has 1 aromatic rings. The predicted molar refractivity (Wildman–Crippen MR) is 70.7 cm³/mol. The monoisotopic (exact) mass is 256 g/mol. The van der Waals surface area contributed by atoms with E-state index in [4.69, 9.17) is 0 Å². The van der Waals surface area contributed by atoms with Crippen LogP contribution >= 0.6 is 0 Å². The van der Waals surface area contributed by atoms with Gasteiger partial charge in [-0.25, -0.2) is 8.78 Å². The van der Waals surface area contributed by atoms with Gasteiger partial charge in [-0.05, 0) is 31.2 Å². The van der Waals surface area contributed by atoms with E-state index in [9.17, 15) is 8.78 Å². The van der Waals surface area contributed by atoms with Crippen molar-refractivity contribution in [2.45, 2.75) is 26.3 Å². The number of hydrogen-bond donors (Lipinski definition) is 1. The molecule has 18 heavy (non-hydrogen) atoms. The highest BCUT2D eigenvalue weighted by Gasteiger charge is 2.04. The van der Waals surface area contributed by atoms with Gasteiger partial charge in [0, 0.05) is 25.7 Å². The van der Waals surface area contributed by atoms with E-state index in [-0.39, 0.29) is 0 Å². The van der Waals surface area contributed by atoms with Crippen molar-refractivity contribution >= 4 is 0 Å². The summed E-state index contributed by atoms with van der Waals surface area (Å²) in [6, 6.07) is 4.59. The molecule has 102 valence electrons. The SMILES string of the molecule is CC(C)NCCN(C)CCc1ccc(F)c(F)c1. The Labute approximate surface area is 108 Å². The van der Waals surface area contributed by atoms with Crippen molar-refractivity contribution < 1.29 is 8.78 Å². The number of halogens is 2. The standard InChI is InChI=1S/C14H22F2N2/c1-11(2)17-7-9-18(3)8-6-12-4-5-13(15)14(16)10-12/h4-5,10-11,17H,6-9H2,1-3H3. The van der Waals surface area contributed by atoms with E-state index in [1.54, 1.807) is 6.07 Å². The fraction of sp³-hybridized carbons (Fsp3) is 0.571. The minimum atomic E-state index is -0.784. The van der Waals surface area contributed by atoms with E-state index >= 15 is 0 Å². The van der Waals surface area contributed by atoms with Crippen LogP contribution in [-0.2, 0) is 6.42 Å². The maximum atomic E-state index is 13.0. The first-order valence-corrected chi connectivity index (χ1v) is 6.35. The van der Waals surface area contributed by atoms with Crippen molar-refractivity contribution in [1.29, 1.82) is 0 Å². The lowest BCUT2D eigenvalue weighted by Crippen LogP contribution is -2.33. The van der Waals surface area contributed by atoms with Crippen LogP contribution in [0.4, 0.5) is 8.78 Å². The van der Waals surface area contributed by atoms with Gasteiger partial charge in [-0.3, -0.25) is 0 Å². The highest BCUT2D eigenvalue weighted by molar-refractivity contribution is 5.18. The highest BCUT2D eigenvalue weighted by atomic mass is 19.2. The number of hydrogen-bond acceptors (Lipinski definition) is 2. The summed E-state index contributed by atoms with van der Waals surface area (Å²) in [6.45, 7) is 6.95. The third-order valence-corrected chi connectivity index (χ3v) is 2.81. The molecule has 0 unspecified atom stereocenters. The molecule has 1 aromatic carbocycles. The lowest BCUT2D eigenvalue weighted by molar-refractivity contribution is 0.330. The molecular weight excluding hydrogens is 234 g/mol. The molecular formula is C14H22F2N2. The Bertz CT molecular complexity index is 367. The first-order chi connectivity index (χ1) is 8.49. The Balaban J connectivity index is 2.29. The second-order valence-corrected chi connectivity index (χ2v) is 4.91. The van der Waals surface area contributed by atoms with Gasteiger partial charge in [-0.2, -0.15) is 0 Å². The molecule has 0 aliphatic heterocycles. The van der Waals surface area contributed by atoms with E-state index in [1.807, 2.05) is 7.05 Å². The molecule has 0 aliphatic carbocycles. The maximum Gasteiger partial charge on any atom is 0.159 e. The van der Waals surface area contributed by atoms with E-state index in [1.165, 1.54) is 12.1 Å². The quantitative estimate of drug-likeness (QED) is 0.806. The summed E-state index contributed by atoms with van der Waals surface area (Å²) in [7, 11) is 2.03. The van der Waals surface area contributed by atoms with Crippen molar-refractivity contribution in [3.8, 4) is 0 Å². The largest absolute Gasteiger partial charge is 0.313 e. The molecule has 0 aromatic heterocycles. The van der Waals surface area contributed by atoms with Gasteiger partial charge in [0.15, 0.2) is 11.6 Å².